The maximum absolute atomic E-state index is 13.3. The van der Waals surface area contributed by atoms with Gasteiger partial charge in [0, 0.05) is 12.6 Å². The minimum Gasteiger partial charge on any atom is -0.244 e. The van der Waals surface area contributed by atoms with Crippen molar-refractivity contribution in [1.29, 1.82) is 0 Å². The third-order valence-electron chi connectivity index (χ3n) is 3.44. The summed E-state index contributed by atoms with van der Waals surface area (Å²) >= 11 is 3.20. The van der Waals surface area contributed by atoms with Crippen molar-refractivity contribution >= 4 is 27.0 Å². The van der Waals surface area contributed by atoms with Crippen LogP contribution in [0.4, 0.5) is 4.39 Å². The Bertz CT molecular complexity index is 562. The molecule has 0 N–H and O–H groups in total. The van der Waals surface area contributed by atoms with Crippen molar-refractivity contribution in [2.24, 2.45) is 11.8 Å². The molecule has 0 bridgehead atoms. The van der Waals surface area contributed by atoms with E-state index < -0.39 is 0 Å². The van der Waals surface area contributed by atoms with E-state index in [4.69, 9.17) is 0 Å². The topological polar surface area (TPSA) is 30.7 Å². The van der Waals surface area contributed by atoms with E-state index >= 15 is 0 Å². The van der Waals surface area contributed by atoms with Gasteiger partial charge in [-0.15, -0.1) is 5.10 Å². The molecule has 0 amide bonds. The van der Waals surface area contributed by atoms with Gasteiger partial charge in [-0.2, -0.15) is 0 Å². The van der Waals surface area contributed by atoms with Crippen LogP contribution in [0.15, 0.2) is 16.6 Å². The van der Waals surface area contributed by atoms with E-state index in [0.29, 0.717) is 15.9 Å². The second-order valence-corrected chi connectivity index (χ2v) is 5.70. The molecule has 90 valence electrons. The standard InChI is InChI=1S/C12H13BrFN3/c1-7(8-2-3-8)6-17-12-4-9(13)10(14)5-11(12)15-16-17/h4-5,7-8H,2-3,6H2,1H3. The highest BCUT2D eigenvalue weighted by Crippen LogP contribution is 2.37. The van der Waals surface area contributed by atoms with E-state index in [1.807, 2.05) is 4.68 Å². The molecule has 1 heterocycles. The summed E-state index contributed by atoms with van der Waals surface area (Å²) in [5, 5.41) is 8.11. The minimum absolute atomic E-state index is 0.292. The molecular formula is C12H13BrFN3. The quantitative estimate of drug-likeness (QED) is 0.869. The number of aromatic nitrogens is 3. The van der Waals surface area contributed by atoms with Crippen molar-refractivity contribution in [2.45, 2.75) is 26.3 Å². The molecule has 1 atom stereocenters. The van der Waals surface area contributed by atoms with Crippen LogP contribution >= 0.6 is 15.9 Å². The maximum Gasteiger partial charge on any atom is 0.139 e. The van der Waals surface area contributed by atoms with E-state index in [2.05, 4.69) is 33.2 Å². The van der Waals surface area contributed by atoms with Crippen LogP contribution < -0.4 is 0 Å². The predicted octanol–water partition coefficient (Wildman–Crippen LogP) is 3.38. The van der Waals surface area contributed by atoms with Gasteiger partial charge in [0.25, 0.3) is 0 Å². The lowest BCUT2D eigenvalue weighted by Crippen LogP contribution is -2.10. The Morgan fingerprint density at radius 3 is 3.00 bits per heavy atom. The Labute approximate surface area is 107 Å². The van der Waals surface area contributed by atoms with Gasteiger partial charge in [-0.3, -0.25) is 0 Å². The third kappa shape index (κ3) is 2.08. The van der Waals surface area contributed by atoms with Crippen LogP contribution in [0.1, 0.15) is 19.8 Å². The Kier molecular flexibility index (Phi) is 2.65. The average Bonchev–Trinajstić information content (AvgIpc) is 3.07. The number of halogens is 2. The van der Waals surface area contributed by atoms with E-state index in [9.17, 15) is 4.39 Å². The second-order valence-electron chi connectivity index (χ2n) is 4.84. The van der Waals surface area contributed by atoms with E-state index in [-0.39, 0.29) is 5.82 Å². The molecule has 2 aromatic rings. The van der Waals surface area contributed by atoms with Gasteiger partial charge in [-0.25, -0.2) is 9.07 Å². The monoisotopic (exact) mass is 297 g/mol. The normalized spacial score (nSPS) is 17.6. The zero-order valence-electron chi connectivity index (χ0n) is 9.53. The lowest BCUT2D eigenvalue weighted by atomic mass is 10.1. The smallest absolute Gasteiger partial charge is 0.139 e. The SMILES string of the molecule is CC(Cn1nnc2cc(F)c(Br)cc21)C1CC1. The van der Waals surface area contributed by atoms with Crippen molar-refractivity contribution in [2.75, 3.05) is 0 Å². The first-order valence-corrected chi connectivity index (χ1v) is 6.62. The fourth-order valence-electron chi connectivity index (χ4n) is 2.18. The lowest BCUT2D eigenvalue weighted by Gasteiger charge is -2.09. The Morgan fingerprint density at radius 1 is 1.53 bits per heavy atom. The number of hydrogen-bond acceptors (Lipinski definition) is 2. The molecule has 1 fully saturated rings. The second kappa shape index (κ2) is 4.05. The van der Waals surface area contributed by atoms with Crippen LogP contribution in [0, 0.1) is 17.7 Å². The largest absolute Gasteiger partial charge is 0.244 e. The summed E-state index contributed by atoms with van der Waals surface area (Å²) < 4.78 is 15.7. The molecule has 0 saturated heterocycles. The Hall–Kier alpha value is -0.970. The molecule has 3 nitrogen and oxygen atoms in total. The zero-order valence-corrected chi connectivity index (χ0v) is 11.1. The average molecular weight is 298 g/mol. The van der Waals surface area contributed by atoms with Crippen molar-refractivity contribution in [3.05, 3.63) is 22.4 Å². The van der Waals surface area contributed by atoms with Crippen molar-refractivity contribution in [3.8, 4) is 0 Å². The molecule has 1 aliphatic carbocycles. The van der Waals surface area contributed by atoms with Crippen LogP contribution in [0.2, 0.25) is 0 Å². The van der Waals surface area contributed by atoms with Crippen molar-refractivity contribution in [3.63, 3.8) is 0 Å². The Balaban J connectivity index is 1.96. The van der Waals surface area contributed by atoms with Gasteiger partial charge in [0.15, 0.2) is 0 Å². The number of nitrogens with zero attached hydrogens (tertiary/aromatic N) is 3. The summed E-state index contributed by atoms with van der Waals surface area (Å²) in [4.78, 5) is 0. The van der Waals surface area contributed by atoms with Crippen LogP contribution in [0.5, 0.6) is 0 Å². The zero-order chi connectivity index (χ0) is 12.0. The molecular weight excluding hydrogens is 285 g/mol. The summed E-state index contributed by atoms with van der Waals surface area (Å²) in [6.07, 6.45) is 2.65. The van der Waals surface area contributed by atoms with Gasteiger partial charge in [0.1, 0.15) is 11.3 Å². The summed E-state index contributed by atoms with van der Waals surface area (Å²) in [7, 11) is 0. The molecule has 5 heteroatoms. The highest BCUT2D eigenvalue weighted by molar-refractivity contribution is 9.10. The van der Waals surface area contributed by atoms with Crippen LogP contribution in [0.25, 0.3) is 11.0 Å². The fraction of sp³-hybridized carbons (Fsp3) is 0.500. The highest BCUT2D eigenvalue weighted by atomic mass is 79.9. The summed E-state index contributed by atoms with van der Waals surface area (Å²) in [5.41, 5.74) is 1.51. The number of rotatable bonds is 3. The first-order chi connectivity index (χ1) is 8.15. The summed E-state index contributed by atoms with van der Waals surface area (Å²) in [6, 6.07) is 3.18. The van der Waals surface area contributed by atoms with Gasteiger partial charge < -0.3 is 0 Å². The number of hydrogen-bond donors (Lipinski definition) is 0. The molecule has 1 aliphatic rings. The molecule has 3 rings (SSSR count). The molecule has 17 heavy (non-hydrogen) atoms. The number of fused-ring (bicyclic) bond motifs is 1. The molecule has 1 saturated carbocycles. The third-order valence-corrected chi connectivity index (χ3v) is 4.05. The molecule has 0 spiro atoms. The highest BCUT2D eigenvalue weighted by Gasteiger charge is 2.28. The van der Waals surface area contributed by atoms with E-state index in [0.717, 1.165) is 18.0 Å². The molecule has 1 unspecified atom stereocenters. The number of benzene rings is 1. The van der Waals surface area contributed by atoms with Gasteiger partial charge >= 0.3 is 0 Å². The fourth-order valence-corrected chi connectivity index (χ4v) is 2.52. The molecule has 0 radical (unpaired) electrons. The molecule has 1 aromatic carbocycles. The van der Waals surface area contributed by atoms with Crippen LogP contribution in [0.3, 0.4) is 0 Å². The summed E-state index contributed by atoms with van der Waals surface area (Å²) in [6.45, 7) is 3.10. The minimum atomic E-state index is -0.292. The van der Waals surface area contributed by atoms with E-state index in [1.54, 1.807) is 6.07 Å². The van der Waals surface area contributed by atoms with Crippen molar-refractivity contribution < 1.29 is 4.39 Å². The van der Waals surface area contributed by atoms with Gasteiger partial charge in [0.2, 0.25) is 0 Å². The first-order valence-electron chi connectivity index (χ1n) is 5.83. The predicted molar refractivity (Wildman–Crippen MR) is 67.1 cm³/mol. The summed E-state index contributed by atoms with van der Waals surface area (Å²) in [5.74, 6) is 1.15. The van der Waals surface area contributed by atoms with Gasteiger partial charge in [-0.1, -0.05) is 12.1 Å². The Morgan fingerprint density at radius 2 is 2.29 bits per heavy atom. The molecule has 1 aromatic heterocycles. The van der Waals surface area contributed by atoms with E-state index in [1.165, 1.54) is 18.9 Å². The van der Waals surface area contributed by atoms with Gasteiger partial charge in [-0.05, 0) is 46.7 Å². The lowest BCUT2D eigenvalue weighted by molar-refractivity contribution is 0.407. The first kappa shape index (κ1) is 11.1. The molecule has 0 aliphatic heterocycles. The maximum atomic E-state index is 13.3. The van der Waals surface area contributed by atoms with Crippen LogP contribution in [-0.2, 0) is 6.54 Å². The van der Waals surface area contributed by atoms with Gasteiger partial charge in [0.05, 0.1) is 9.99 Å². The van der Waals surface area contributed by atoms with Crippen molar-refractivity contribution in [1.82, 2.24) is 15.0 Å². The van der Waals surface area contributed by atoms with Crippen LogP contribution in [-0.4, -0.2) is 15.0 Å².